The number of aromatic amines is 1. The van der Waals surface area contributed by atoms with E-state index in [0.29, 0.717) is 11.3 Å². The van der Waals surface area contributed by atoms with Gasteiger partial charge in [-0.2, -0.15) is 5.10 Å². The fourth-order valence-corrected chi connectivity index (χ4v) is 3.01. The number of sulfonamides is 1. The number of hydrogen-bond donors (Lipinski definition) is 3. The van der Waals surface area contributed by atoms with E-state index in [9.17, 15) is 8.42 Å². The Bertz CT molecular complexity index is 692. The number of aryl methyl sites for hydroxylation is 1. The Morgan fingerprint density at radius 2 is 2.11 bits per heavy atom. The molecule has 2 rings (SSSR count). The van der Waals surface area contributed by atoms with Crippen LogP contribution in [0.4, 0.5) is 5.69 Å². The van der Waals surface area contributed by atoms with Gasteiger partial charge >= 0.3 is 0 Å². The van der Waals surface area contributed by atoms with Gasteiger partial charge in [0.2, 0.25) is 10.0 Å². The summed E-state index contributed by atoms with van der Waals surface area (Å²) in [5.41, 5.74) is 8.39. The first-order chi connectivity index (χ1) is 8.92. The molecule has 0 atom stereocenters. The van der Waals surface area contributed by atoms with Crippen molar-refractivity contribution >= 4 is 15.7 Å². The molecular weight excluding hydrogens is 264 g/mol. The maximum absolute atomic E-state index is 12.2. The minimum absolute atomic E-state index is 0.193. The van der Waals surface area contributed by atoms with E-state index in [4.69, 9.17) is 5.73 Å². The summed E-state index contributed by atoms with van der Waals surface area (Å²) in [6.45, 7) is 3.72. The van der Waals surface area contributed by atoms with E-state index < -0.39 is 10.0 Å². The van der Waals surface area contributed by atoms with E-state index in [1.807, 2.05) is 6.92 Å². The van der Waals surface area contributed by atoms with Crippen LogP contribution in [0.15, 0.2) is 29.3 Å². The lowest BCUT2D eigenvalue weighted by atomic mass is 10.2. The number of hydrogen-bond acceptors (Lipinski definition) is 4. The number of benzene rings is 1. The van der Waals surface area contributed by atoms with E-state index in [1.54, 1.807) is 25.3 Å². The summed E-state index contributed by atoms with van der Waals surface area (Å²) in [6, 6.07) is 4.84. The molecule has 0 aliphatic heterocycles. The van der Waals surface area contributed by atoms with Crippen molar-refractivity contribution in [2.24, 2.45) is 0 Å². The summed E-state index contributed by atoms with van der Waals surface area (Å²) in [5.74, 6) is 0. The quantitative estimate of drug-likeness (QED) is 0.730. The van der Waals surface area contributed by atoms with Crippen molar-refractivity contribution in [2.75, 3.05) is 5.73 Å². The molecule has 4 N–H and O–H groups in total. The lowest BCUT2D eigenvalue weighted by Crippen LogP contribution is -2.24. The molecule has 0 saturated heterocycles. The second-order valence-electron chi connectivity index (χ2n) is 4.32. The van der Waals surface area contributed by atoms with Gasteiger partial charge in [0.15, 0.2) is 0 Å². The van der Waals surface area contributed by atoms with E-state index in [-0.39, 0.29) is 11.4 Å². The topological polar surface area (TPSA) is 101 Å². The molecule has 0 aliphatic rings. The summed E-state index contributed by atoms with van der Waals surface area (Å²) in [5, 5.41) is 6.61. The fourth-order valence-electron chi connectivity index (χ4n) is 1.73. The van der Waals surface area contributed by atoms with Crippen LogP contribution in [-0.2, 0) is 16.6 Å². The summed E-state index contributed by atoms with van der Waals surface area (Å²) in [7, 11) is -3.58. The number of nitrogens with zero attached hydrogens (tertiary/aromatic N) is 1. The van der Waals surface area contributed by atoms with Crippen molar-refractivity contribution in [2.45, 2.75) is 25.3 Å². The minimum atomic E-state index is -3.58. The Hall–Kier alpha value is -1.86. The zero-order chi connectivity index (χ0) is 14.0. The van der Waals surface area contributed by atoms with Gasteiger partial charge in [0.1, 0.15) is 0 Å². The normalized spacial score (nSPS) is 11.7. The molecule has 0 bridgehead atoms. The highest BCUT2D eigenvalue weighted by molar-refractivity contribution is 7.89. The van der Waals surface area contributed by atoms with Gasteiger partial charge in [-0.15, -0.1) is 0 Å². The monoisotopic (exact) mass is 280 g/mol. The van der Waals surface area contributed by atoms with Gasteiger partial charge in [0.25, 0.3) is 0 Å². The van der Waals surface area contributed by atoms with Crippen LogP contribution in [0, 0.1) is 13.8 Å². The Morgan fingerprint density at radius 1 is 1.37 bits per heavy atom. The van der Waals surface area contributed by atoms with E-state index >= 15 is 0 Å². The van der Waals surface area contributed by atoms with Gasteiger partial charge < -0.3 is 5.73 Å². The molecule has 19 heavy (non-hydrogen) atoms. The second kappa shape index (κ2) is 5.02. The van der Waals surface area contributed by atoms with Crippen molar-refractivity contribution in [3.8, 4) is 0 Å². The van der Waals surface area contributed by atoms with Crippen LogP contribution in [0.1, 0.15) is 16.8 Å². The molecular formula is C12H16N4O2S. The predicted octanol–water partition coefficient (Wildman–Crippen LogP) is 1.09. The lowest BCUT2D eigenvalue weighted by molar-refractivity contribution is 0.580. The van der Waals surface area contributed by atoms with Crippen LogP contribution in [0.5, 0.6) is 0 Å². The third-order valence-corrected chi connectivity index (χ3v) is 4.55. The van der Waals surface area contributed by atoms with E-state index in [0.717, 1.165) is 11.3 Å². The van der Waals surface area contributed by atoms with Crippen LogP contribution in [0.2, 0.25) is 0 Å². The van der Waals surface area contributed by atoms with Crippen LogP contribution < -0.4 is 10.5 Å². The van der Waals surface area contributed by atoms with Crippen LogP contribution >= 0.6 is 0 Å². The highest BCUT2D eigenvalue weighted by Crippen LogP contribution is 2.20. The summed E-state index contributed by atoms with van der Waals surface area (Å²) in [6.07, 6.45) is 1.60. The number of nitrogen functional groups attached to an aromatic ring is 1. The smallest absolute Gasteiger partial charge is 0.241 e. The molecule has 0 spiro atoms. The maximum atomic E-state index is 12.2. The molecule has 7 heteroatoms. The highest BCUT2D eigenvalue weighted by atomic mass is 32.2. The van der Waals surface area contributed by atoms with Gasteiger partial charge in [-0.3, -0.25) is 5.10 Å². The molecule has 102 valence electrons. The standard InChI is InChI=1S/C12H16N4O2S/c1-8-11(13)4-3-5-12(8)19(17,18)15-7-10-6-14-16-9(10)2/h3-6,15H,7,13H2,1-2H3,(H,14,16). The third-order valence-electron chi connectivity index (χ3n) is 3.00. The molecule has 0 radical (unpaired) electrons. The number of rotatable bonds is 4. The zero-order valence-electron chi connectivity index (χ0n) is 10.8. The summed E-state index contributed by atoms with van der Waals surface area (Å²) >= 11 is 0. The minimum Gasteiger partial charge on any atom is -0.398 e. The number of H-pyrrole nitrogens is 1. The molecule has 1 heterocycles. The molecule has 2 aromatic rings. The molecule has 0 fully saturated rings. The largest absolute Gasteiger partial charge is 0.398 e. The molecule has 0 amide bonds. The molecule has 0 aliphatic carbocycles. The molecule has 1 aromatic carbocycles. The van der Waals surface area contributed by atoms with Crippen LogP contribution in [0.25, 0.3) is 0 Å². The van der Waals surface area contributed by atoms with Gasteiger partial charge in [-0.05, 0) is 31.5 Å². The van der Waals surface area contributed by atoms with E-state index in [2.05, 4.69) is 14.9 Å². The van der Waals surface area contributed by atoms with Crippen molar-refractivity contribution in [3.05, 3.63) is 41.2 Å². The first-order valence-electron chi connectivity index (χ1n) is 5.75. The van der Waals surface area contributed by atoms with Crippen molar-refractivity contribution in [1.82, 2.24) is 14.9 Å². The number of aromatic nitrogens is 2. The fraction of sp³-hybridized carbons (Fsp3) is 0.250. The number of nitrogens with one attached hydrogen (secondary N) is 2. The number of anilines is 1. The Morgan fingerprint density at radius 3 is 2.74 bits per heavy atom. The van der Waals surface area contributed by atoms with Crippen LogP contribution in [-0.4, -0.2) is 18.6 Å². The molecule has 1 aromatic heterocycles. The average Bonchev–Trinajstić information content (AvgIpc) is 2.76. The summed E-state index contributed by atoms with van der Waals surface area (Å²) in [4.78, 5) is 0.202. The zero-order valence-corrected chi connectivity index (χ0v) is 11.6. The van der Waals surface area contributed by atoms with Gasteiger partial charge in [0.05, 0.1) is 11.1 Å². The van der Waals surface area contributed by atoms with Gasteiger partial charge in [0, 0.05) is 23.5 Å². The SMILES string of the molecule is Cc1[nH]ncc1CNS(=O)(=O)c1cccc(N)c1C. The Labute approximate surface area is 112 Å². The van der Waals surface area contributed by atoms with Crippen molar-refractivity contribution in [3.63, 3.8) is 0 Å². The molecule has 0 unspecified atom stereocenters. The third kappa shape index (κ3) is 2.77. The van der Waals surface area contributed by atoms with Gasteiger partial charge in [-0.1, -0.05) is 6.07 Å². The second-order valence-corrected chi connectivity index (χ2v) is 6.05. The Balaban J connectivity index is 2.24. The first kappa shape index (κ1) is 13.6. The first-order valence-corrected chi connectivity index (χ1v) is 7.24. The number of nitrogens with two attached hydrogens (primary N) is 1. The molecule has 0 saturated carbocycles. The van der Waals surface area contributed by atoms with Crippen molar-refractivity contribution < 1.29 is 8.42 Å². The average molecular weight is 280 g/mol. The van der Waals surface area contributed by atoms with Crippen LogP contribution in [0.3, 0.4) is 0 Å². The van der Waals surface area contributed by atoms with Gasteiger partial charge in [-0.25, -0.2) is 13.1 Å². The van der Waals surface area contributed by atoms with E-state index in [1.165, 1.54) is 6.07 Å². The molecule has 6 nitrogen and oxygen atoms in total. The maximum Gasteiger partial charge on any atom is 0.241 e. The summed E-state index contributed by atoms with van der Waals surface area (Å²) < 4.78 is 27.0. The lowest BCUT2D eigenvalue weighted by Gasteiger charge is -2.10. The van der Waals surface area contributed by atoms with Crippen molar-refractivity contribution in [1.29, 1.82) is 0 Å². The highest BCUT2D eigenvalue weighted by Gasteiger charge is 2.18. The predicted molar refractivity (Wildman–Crippen MR) is 72.9 cm³/mol. The Kier molecular flexibility index (Phi) is 3.59.